The molecule has 0 spiro atoms. The van der Waals surface area contributed by atoms with E-state index in [1.807, 2.05) is 0 Å². The Morgan fingerprint density at radius 1 is 1.18 bits per heavy atom. The SMILES string of the molecule is O=C(O)C1COCC1NC(=O)C1C2CCCC21. The zero-order valence-corrected chi connectivity index (χ0v) is 9.59. The first-order valence-corrected chi connectivity index (χ1v) is 6.29. The number of nitrogens with one attached hydrogen (secondary N) is 1. The Balaban J connectivity index is 1.56. The first-order chi connectivity index (χ1) is 8.18. The Morgan fingerprint density at radius 3 is 2.53 bits per heavy atom. The van der Waals surface area contributed by atoms with E-state index in [2.05, 4.69) is 5.32 Å². The van der Waals surface area contributed by atoms with E-state index in [1.54, 1.807) is 0 Å². The second-order valence-corrected chi connectivity index (χ2v) is 5.38. The topological polar surface area (TPSA) is 75.6 Å². The first kappa shape index (κ1) is 11.0. The Kier molecular flexibility index (Phi) is 2.58. The molecule has 94 valence electrons. The van der Waals surface area contributed by atoms with Crippen LogP contribution in [0, 0.1) is 23.7 Å². The summed E-state index contributed by atoms with van der Waals surface area (Å²) in [4.78, 5) is 22.9. The molecule has 0 aromatic heterocycles. The third kappa shape index (κ3) is 1.82. The highest BCUT2D eigenvalue weighted by Crippen LogP contribution is 2.57. The fraction of sp³-hybridized carbons (Fsp3) is 0.833. The minimum absolute atomic E-state index is 0.0430. The molecule has 3 rings (SSSR count). The van der Waals surface area contributed by atoms with Crippen molar-refractivity contribution in [2.75, 3.05) is 13.2 Å². The van der Waals surface area contributed by atoms with Crippen molar-refractivity contribution in [1.82, 2.24) is 5.32 Å². The fourth-order valence-corrected chi connectivity index (χ4v) is 3.43. The summed E-state index contributed by atoms with van der Waals surface area (Å²) in [5.41, 5.74) is 0. The zero-order chi connectivity index (χ0) is 12.0. The molecule has 0 aromatic rings. The number of fused-ring (bicyclic) bond motifs is 1. The van der Waals surface area contributed by atoms with Crippen LogP contribution in [0.4, 0.5) is 0 Å². The van der Waals surface area contributed by atoms with Crippen LogP contribution in [-0.2, 0) is 14.3 Å². The molecule has 0 aromatic carbocycles. The molecule has 4 atom stereocenters. The largest absolute Gasteiger partial charge is 0.481 e. The summed E-state index contributed by atoms with van der Waals surface area (Å²) in [7, 11) is 0. The summed E-state index contributed by atoms with van der Waals surface area (Å²) in [5, 5.41) is 11.8. The number of carbonyl (C=O) groups is 2. The molecule has 0 radical (unpaired) electrons. The van der Waals surface area contributed by atoms with E-state index in [9.17, 15) is 9.59 Å². The van der Waals surface area contributed by atoms with Crippen molar-refractivity contribution < 1.29 is 19.4 Å². The molecule has 3 fully saturated rings. The van der Waals surface area contributed by atoms with Gasteiger partial charge in [-0.15, -0.1) is 0 Å². The monoisotopic (exact) mass is 239 g/mol. The van der Waals surface area contributed by atoms with Crippen molar-refractivity contribution in [3.05, 3.63) is 0 Å². The fourth-order valence-electron chi connectivity index (χ4n) is 3.43. The second-order valence-electron chi connectivity index (χ2n) is 5.38. The van der Waals surface area contributed by atoms with Gasteiger partial charge < -0.3 is 15.2 Å². The predicted molar refractivity (Wildman–Crippen MR) is 58.2 cm³/mol. The van der Waals surface area contributed by atoms with E-state index in [-0.39, 0.29) is 24.5 Å². The molecule has 3 aliphatic rings. The molecule has 1 heterocycles. The van der Waals surface area contributed by atoms with Crippen molar-refractivity contribution in [2.24, 2.45) is 23.7 Å². The maximum Gasteiger partial charge on any atom is 0.311 e. The molecule has 2 saturated carbocycles. The van der Waals surface area contributed by atoms with Crippen molar-refractivity contribution in [1.29, 1.82) is 0 Å². The normalized spacial score (nSPS) is 43.2. The molecule has 2 N–H and O–H groups in total. The Bertz CT molecular complexity index is 346. The van der Waals surface area contributed by atoms with Crippen LogP contribution >= 0.6 is 0 Å². The van der Waals surface area contributed by atoms with E-state index in [0.29, 0.717) is 18.4 Å². The van der Waals surface area contributed by atoms with Gasteiger partial charge in [-0.25, -0.2) is 0 Å². The number of hydrogen-bond acceptors (Lipinski definition) is 3. The lowest BCUT2D eigenvalue weighted by Crippen LogP contribution is -2.43. The lowest BCUT2D eigenvalue weighted by atomic mass is 10.0. The van der Waals surface area contributed by atoms with E-state index < -0.39 is 11.9 Å². The predicted octanol–water partition coefficient (Wildman–Crippen LogP) is 0.248. The maximum atomic E-state index is 12.0. The Morgan fingerprint density at radius 2 is 1.88 bits per heavy atom. The van der Waals surface area contributed by atoms with Gasteiger partial charge in [0.1, 0.15) is 5.92 Å². The van der Waals surface area contributed by atoms with Crippen molar-refractivity contribution in [3.63, 3.8) is 0 Å². The number of carbonyl (C=O) groups excluding carboxylic acids is 1. The van der Waals surface area contributed by atoms with Gasteiger partial charge in [-0.3, -0.25) is 9.59 Å². The van der Waals surface area contributed by atoms with Gasteiger partial charge in [-0.1, -0.05) is 6.42 Å². The Labute approximate surface area is 99.5 Å². The number of carboxylic acids is 1. The smallest absolute Gasteiger partial charge is 0.311 e. The van der Waals surface area contributed by atoms with Crippen LogP contribution in [0.15, 0.2) is 0 Å². The van der Waals surface area contributed by atoms with E-state index in [0.717, 1.165) is 12.8 Å². The van der Waals surface area contributed by atoms with Crippen LogP contribution < -0.4 is 5.32 Å². The van der Waals surface area contributed by atoms with E-state index >= 15 is 0 Å². The summed E-state index contributed by atoms with van der Waals surface area (Å²) in [6, 6.07) is -0.346. The number of amides is 1. The molecule has 1 aliphatic heterocycles. The molecule has 5 heteroatoms. The van der Waals surface area contributed by atoms with Crippen molar-refractivity contribution >= 4 is 11.9 Å². The van der Waals surface area contributed by atoms with Crippen LogP contribution in [0.2, 0.25) is 0 Å². The lowest BCUT2D eigenvalue weighted by molar-refractivity contribution is -0.142. The van der Waals surface area contributed by atoms with Crippen LogP contribution in [0.5, 0.6) is 0 Å². The average molecular weight is 239 g/mol. The molecular weight excluding hydrogens is 222 g/mol. The zero-order valence-electron chi connectivity index (χ0n) is 9.59. The van der Waals surface area contributed by atoms with Gasteiger partial charge in [0.2, 0.25) is 5.91 Å². The van der Waals surface area contributed by atoms with Gasteiger partial charge in [-0.2, -0.15) is 0 Å². The number of carboxylic acid groups (broad SMARTS) is 1. The van der Waals surface area contributed by atoms with E-state index in [4.69, 9.17) is 9.84 Å². The van der Waals surface area contributed by atoms with Crippen LogP contribution in [0.3, 0.4) is 0 Å². The standard InChI is InChI=1S/C12H17NO4/c14-11(10-6-2-1-3-7(6)10)13-9-5-17-4-8(9)12(15)16/h6-10H,1-5H2,(H,13,14)(H,15,16). The molecule has 17 heavy (non-hydrogen) atoms. The third-order valence-electron chi connectivity index (χ3n) is 4.43. The summed E-state index contributed by atoms with van der Waals surface area (Å²) in [5.74, 6) is -0.136. The van der Waals surface area contributed by atoms with E-state index in [1.165, 1.54) is 6.42 Å². The summed E-state index contributed by atoms with van der Waals surface area (Å²) in [6.45, 7) is 0.530. The van der Waals surface area contributed by atoms with Gasteiger partial charge in [0, 0.05) is 5.92 Å². The van der Waals surface area contributed by atoms with Gasteiger partial charge in [0.05, 0.1) is 19.3 Å². The molecule has 0 bridgehead atoms. The van der Waals surface area contributed by atoms with Crippen LogP contribution in [0.1, 0.15) is 19.3 Å². The number of aliphatic carboxylic acids is 1. The summed E-state index contributed by atoms with van der Waals surface area (Å²) >= 11 is 0. The molecule has 5 nitrogen and oxygen atoms in total. The molecule has 2 aliphatic carbocycles. The summed E-state index contributed by atoms with van der Waals surface area (Å²) < 4.78 is 5.13. The van der Waals surface area contributed by atoms with Crippen molar-refractivity contribution in [3.8, 4) is 0 Å². The van der Waals surface area contributed by atoms with Crippen LogP contribution in [-0.4, -0.2) is 36.2 Å². The first-order valence-electron chi connectivity index (χ1n) is 6.29. The molecule has 1 saturated heterocycles. The molecule has 4 unspecified atom stereocenters. The maximum absolute atomic E-state index is 12.0. The lowest BCUT2D eigenvalue weighted by Gasteiger charge is -2.16. The Hall–Kier alpha value is -1.10. The highest BCUT2D eigenvalue weighted by Gasteiger charge is 2.57. The molecular formula is C12H17NO4. The number of hydrogen-bond donors (Lipinski definition) is 2. The van der Waals surface area contributed by atoms with Crippen LogP contribution in [0.25, 0.3) is 0 Å². The number of rotatable bonds is 3. The second kappa shape index (κ2) is 3.98. The minimum atomic E-state index is -0.885. The number of ether oxygens (including phenoxy) is 1. The van der Waals surface area contributed by atoms with Gasteiger partial charge >= 0.3 is 5.97 Å². The third-order valence-corrected chi connectivity index (χ3v) is 4.43. The summed E-state index contributed by atoms with van der Waals surface area (Å²) in [6.07, 6.45) is 3.56. The average Bonchev–Trinajstić information content (AvgIpc) is 2.71. The quantitative estimate of drug-likeness (QED) is 0.740. The van der Waals surface area contributed by atoms with Crippen molar-refractivity contribution in [2.45, 2.75) is 25.3 Å². The van der Waals surface area contributed by atoms with Gasteiger partial charge in [0.25, 0.3) is 0 Å². The minimum Gasteiger partial charge on any atom is -0.481 e. The van der Waals surface area contributed by atoms with Gasteiger partial charge in [0.15, 0.2) is 0 Å². The highest BCUT2D eigenvalue weighted by atomic mass is 16.5. The molecule has 1 amide bonds. The highest BCUT2D eigenvalue weighted by molar-refractivity contribution is 5.83. The van der Waals surface area contributed by atoms with Gasteiger partial charge in [-0.05, 0) is 24.7 Å².